The van der Waals surface area contributed by atoms with Crippen LogP contribution in [0.1, 0.15) is 25.7 Å². The molecule has 108 valence electrons. The average Bonchev–Trinajstić information content (AvgIpc) is 2.84. The molecule has 2 atom stereocenters. The fraction of sp³-hybridized carbons (Fsp3) is 0.727. The molecule has 19 heavy (non-hydrogen) atoms. The first-order valence-corrected chi connectivity index (χ1v) is 6.09. The molecule has 8 nitrogen and oxygen atoms in total. The third-order valence-corrected chi connectivity index (χ3v) is 2.76. The molecule has 1 rings (SSSR count). The third-order valence-electron chi connectivity index (χ3n) is 2.76. The van der Waals surface area contributed by atoms with Gasteiger partial charge in [-0.25, -0.2) is 9.59 Å². The predicted molar refractivity (Wildman–Crippen MR) is 63.8 cm³/mol. The first-order valence-electron chi connectivity index (χ1n) is 6.09. The number of nitrogens with one attached hydrogen (secondary N) is 2. The van der Waals surface area contributed by atoms with Crippen molar-refractivity contribution in [3.63, 3.8) is 0 Å². The second-order valence-electron chi connectivity index (χ2n) is 4.31. The molecule has 0 saturated carbocycles. The summed E-state index contributed by atoms with van der Waals surface area (Å²) in [6, 6.07) is -1.84. The summed E-state index contributed by atoms with van der Waals surface area (Å²) in [7, 11) is 0. The second kappa shape index (κ2) is 7.57. The quantitative estimate of drug-likeness (QED) is 0.508. The maximum atomic E-state index is 11.5. The van der Waals surface area contributed by atoms with Crippen LogP contribution in [0.4, 0.5) is 4.79 Å². The molecular weight excluding hydrogens is 256 g/mol. The Kier molecular flexibility index (Phi) is 6.07. The van der Waals surface area contributed by atoms with Gasteiger partial charge in [-0.15, -0.1) is 0 Å². The minimum Gasteiger partial charge on any atom is -0.481 e. The fourth-order valence-electron chi connectivity index (χ4n) is 1.75. The van der Waals surface area contributed by atoms with E-state index in [1.807, 2.05) is 0 Å². The predicted octanol–water partition coefficient (Wildman–Crippen LogP) is -0.217. The summed E-state index contributed by atoms with van der Waals surface area (Å²) in [5, 5.41) is 22.1. The molecule has 4 N–H and O–H groups in total. The van der Waals surface area contributed by atoms with Gasteiger partial charge in [0.25, 0.3) is 0 Å². The molecule has 1 heterocycles. The molecular formula is C11H18N2O6. The van der Waals surface area contributed by atoms with Crippen LogP contribution in [-0.2, 0) is 14.3 Å². The number of amides is 2. The number of carbonyl (C=O) groups excluding carboxylic acids is 1. The number of hydrogen-bond donors (Lipinski definition) is 4. The van der Waals surface area contributed by atoms with Gasteiger partial charge in [-0.05, 0) is 19.3 Å². The largest absolute Gasteiger partial charge is 0.481 e. The van der Waals surface area contributed by atoms with Crippen LogP contribution in [0, 0.1) is 0 Å². The summed E-state index contributed by atoms with van der Waals surface area (Å²) < 4.78 is 5.30. The number of aliphatic carboxylic acids is 2. The van der Waals surface area contributed by atoms with E-state index < -0.39 is 24.0 Å². The zero-order valence-corrected chi connectivity index (χ0v) is 10.4. The number of hydrogen-bond acceptors (Lipinski definition) is 4. The molecule has 2 amide bonds. The van der Waals surface area contributed by atoms with E-state index in [1.54, 1.807) is 0 Å². The minimum atomic E-state index is -1.26. The van der Waals surface area contributed by atoms with Crippen LogP contribution in [0.3, 0.4) is 0 Å². The summed E-state index contributed by atoms with van der Waals surface area (Å²) in [5.41, 5.74) is 0. The van der Waals surface area contributed by atoms with Crippen LogP contribution >= 0.6 is 0 Å². The normalized spacial score (nSPS) is 19.7. The van der Waals surface area contributed by atoms with Crippen LogP contribution in [0.2, 0.25) is 0 Å². The lowest BCUT2D eigenvalue weighted by Crippen LogP contribution is -2.47. The summed E-state index contributed by atoms with van der Waals surface area (Å²) in [6.45, 7) is 0.988. The molecule has 1 saturated heterocycles. The lowest BCUT2D eigenvalue weighted by Gasteiger charge is -2.16. The van der Waals surface area contributed by atoms with E-state index in [0.29, 0.717) is 13.2 Å². The Morgan fingerprint density at radius 3 is 2.58 bits per heavy atom. The van der Waals surface area contributed by atoms with Gasteiger partial charge in [0, 0.05) is 19.6 Å². The first-order chi connectivity index (χ1) is 8.99. The second-order valence-corrected chi connectivity index (χ2v) is 4.31. The topological polar surface area (TPSA) is 125 Å². The summed E-state index contributed by atoms with van der Waals surface area (Å²) in [6.07, 6.45) is 1.31. The van der Waals surface area contributed by atoms with Gasteiger partial charge in [-0.2, -0.15) is 0 Å². The molecule has 0 aliphatic carbocycles. The number of urea groups is 1. The molecule has 0 spiro atoms. The average molecular weight is 274 g/mol. The minimum absolute atomic E-state index is 0.0342. The maximum absolute atomic E-state index is 11.5. The van der Waals surface area contributed by atoms with Crippen molar-refractivity contribution in [1.82, 2.24) is 10.6 Å². The summed E-state index contributed by atoms with van der Waals surface area (Å²) in [5.74, 6) is -2.36. The van der Waals surface area contributed by atoms with E-state index >= 15 is 0 Å². The molecule has 1 aliphatic heterocycles. The molecule has 0 aromatic rings. The number of carboxylic acids is 2. The van der Waals surface area contributed by atoms with Crippen molar-refractivity contribution in [2.24, 2.45) is 0 Å². The summed E-state index contributed by atoms with van der Waals surface area (Å²) in [4.78, 5) is 32.7. The highest BCUT2D eigenvalue weighted by molar-refractivity contribution is 5.83. The van der Waals surface area contributed by atoms with Gasteiger partial charge in [-0.1, -0.05) is 0 Å². The van der Waals surface area contributed by atoms with E-state index in [2.05, 4.69) is 10.6 Å². The van der Waals surface area contributed by atoms with Crippen LogP contribution < -0.4 is 10.6 Å². The van der Waals surface area contributed by atoms with Crippen LogP contribution in [-0.4, -0.2) is 53.5 Å². The smallest absolute Gasteiger partial charge is 0.326 e. The Hall–Kier alpha value is -1.83. The van der Waals surface area contributed by atoms with Gasteiger partial charge in [0.1, 0.15) is 6.04 Å². The Bertz CT molecular complexity index is 340. The van der Waals surface area contributed by atoms with E-state index in [4.69, 9.17) is 14.9 Å². The molecule has 1 fully saturated rings. The standard InChI is InChI=1S/C11H18N2O6/c14-9(15)4-3-8(10(16)17)13-11(18)12-6-7-2-1-5-19-7/h7-8H,1-6H2,(H,14,15)(H,16,17)(H2,12,13,18). The monoisotopic (exact) mass is 274 g/mol. The number of rotatable bonds is 7. The summed E-state index contributed by atoms with van der Waals surface area (Å²) >= 11 is 0. The van der Waals surface area contributed by atoms with E-state index in [1.165, 1.54) is 0 Å². The van der Waals surface area contributed by atoms with E-state index in [0.717, 1.165) is 12.8 Å². The highest BCUT2D eigenvalue weighted by atomic mass is 16.5. The van der Waals surface area contributed by atoms with Gasteiger partial charge in [-0.3, -0.25) is 4.79 Å². The van der Waals surface area contributed by atoms with Crippen LogP contribution in [0.15, 0.2) is 0 Å². The van der Waals surface area contributed by atoms with E-state index in [-0.39, 0.29) is 18.9 Å². The zero-order valence-electron chi connectivity index (χ0n) is 10.4. The number of ether oxygens (including phenoxy) is 1. The third kappa shape index (κ3) is 6.05. The Morgan fingerprint density at radius 1 is 1.32 bits per heavy atom. The molecule has 0 aromatic heterocycles. The van der Waals surface area contributed by atoms with Gasteiger partial charge in [0.2, 0.25) is 0 Å². The van der Waals surface area contributed by atoms with Crippen molar-refractivity contribution in [2.45, 2.75) is 37.8 Å². The first kappa shape index (κ1) is 15.2. The Morgan fingerprint density at radius 2 is 2.05 bits per heavy atom. The van der Waals surface area contributed by atoms with Crippen molar-refractivity contribution >= 4 is 18.0 Å². The highest BCUT2D eigenvalue weighted by Gasteiger charge is 2.22. The number of carboxylic acid groups (broad SMARTS) is 2. The lowest BCUT2D eigenvalue weighted by molar-refractivity contribution is -0.140. The number of carbonyl (C=O) groups is 3. The van der Waals surface area contributed by atoms with Gasteiger partial charge in [0.05, 0.1) is 6.10 Å². The van der Waals surface area contributed by atoms with Crippen LogP contribution in [0.5, 0.6) is 0 Å². The van der Waals surface area contributed by atoms with Crippen molar-refractivity contribution in [3.8, 4) is 0 Å². The van der Waals surface area contributed by atoms with Crippen molar-refractivity contribution in [1.29, 1.82) is 0 Å². The van der Waals surface area contributed by atoms with Crippen molar-refractivity contribution in [2.75, 3.05) is 13.2 Å². The fourth-order valence-corrected chi connectivity index (χ4v) is 1.75. The lowest BCUT2D eigenvalue weighted by atomic mass is 10.1. The maximum Gasteiger partial charge on any atom is 0.326 e. The zero-order chi connectivity index (χ0) is 14.3. The van der Waals surface area contributed by atoms with Crippen LogP contribution in [0.25, 0.3) is 0 Å². The highest BCUT2D eigenvalue weighted by Crippen LogP contribution is 2.10. The Labute approximate surface area is 110 Å². The van der Waals surface area contributed by atoms with Crippen molar-refractivity contribution < 1.29 is 29.3 Å². The molecule has 8 heteroatoms. The SMILES string of the molecule is O=C(O)CCC(NC(=O)NCC1CCCO1)C(=O)O. The van der Waals surface area contributed by atoms with Gasteiger partial charge < -0.3 is 25.6 Å². The van der Waals surface area contributed by atoms with Crippen molar-refractivity contribution in [3.05, 3.63) is 0 Å². The molecule has 0 radical (unpaired) electrons. The Balaban J connectivity index is 2.29. The van der Waals surface area contributed by atoms with Gasteiger partial charge in [0.15, 0.2) is 0 Å². The molecule has 2 unspecified atom stereocenters. The molecule has 0 aromatic carbocycles. The molecule has 0 bridgehead atoms. The van der Waals surface area contributed by atoms with E-state index in [9.17, 15) is 14.4 Å². The molecule has 1 aliphatic rings. The van der Waals surface area contributed by atoms with Gasteiger partial charge >= 0.3 is 18.0 Å².